The minimum absolute atomic E-state index is 0.166. The Hall–Kier alpha value is -1.76. The molecule has 0 saturated carbocycles. The summed E-state index contributed by atoms with van der Waals surface area (Å²) in [5.74, 6) is 0. The van der Waals surface area contributed by atoms with Crippen LogP contribution in [-0.4, -0.2) is 39.7 Å². The van der Waals surface area contributed by atoms with E-state index in [1.807, 2.05) is 0 Å². The Morgan fingerprint density at radius 3 is 2.84 bits per heavy atom. The van der Waals surface area contributed by atoms with Gasteiger partial charge in [0.2, 0.25) is 0 Å². The van der Waals surface area contributed by atoms with Crippen LogP contribution in [0.25, 0.3) is 0 Å². The average Bonchev–Trinajstić information content (AvgIpc) is 2.83. The van der Waals surface area contributed by atoms with Gasteiger partial charge in [-0.05, 0) is 27.2 Å². The molecule has 0 bridgehead atoms. The van der Waals surface area contributed by atoms with Crippen LogP contribution in [0.4, 0.5) is 10.5 Å². The number of hydroxylamine groups is 2. The van der Waals surface area contributed by atoms with Gasteiger partial charge in [0.1, 0.15) is 5.60 Å². The van der Waals surface area contributed by atoms with Gasteiger partial charge in [-0.15, -0.1) is 5.06 Å². The predicted molar refractivity (Wildman–Crippen MR) is 69.2 cm³/mol. The van der Waals surface area contributed by atoms with Gasteiger partial charge in [-0.25, -0.2) is 4.79 Å². The number of hydrogen-bond donors (Lipinski definition) is 1. The molecule has 1 aromatic rings. The van der Waals surface area contributed by atoms with E-state index in [1.165, 1.54) is 0 Å². The summed E-state index contributed by atoms with van der Waals surface area (Å²) >= 11 is 0. The fourth-order valence-corrected chi connectivity index (χ4v) is 1.94. The highest BCUT2D eigenvalue weighted by molar-refractivity contribution is 5.60. The van der Waals surface area contributed by atoms with Crippen molar-refractivity contribution in [2.75, 3.05) is 18.8 Å². The number of aromatic nitrogens is 2. The van der Waals surface area contributed by atoms with Gasteiger partial charge in [0.15, 0.2) is 0 Å². The fourth-order valence-electron chi connectivity index (χ4n) is 1.94. The number of carbonyl (C=O) groups is 1. The van der Waals surface area contributed by atoms with Gasteiger partial charge in [0.05, 0.1) is 24.5 Å². The van der Waals surface area contributed by atoms with Gasteiger partial charge in [0, 0.05) is 12.7 Å². The van der Waals surface area contributed by atoms with Crippen molar-refractivity contribution < 1.29 is 14.4 Å². The Kier molecular flexibility index (Phi) is 3.66. The van der Waals surface area contributed by atoms with Crippen molar-refractivity contribution in [2.45, 2.75) is 38.8 Å². The molecule has 0 amide bonds. The topological polar surface area (TPSA) is 82.6 Å². The summed E-state index contributed by atoms with van der Waals surface area (Å²) in [7, 11) is 0. The molecule has 1 aliphatic heterocycles. The van der Waals surface area contributed by atoms with Crippen molar-refractivity contribution in [1.82, 2.24) is 14.8 Å². The molecule has 1 atom stereocenters. The molecule has 106 valence electrons. The Labute approximate surface area is 112 Å². The van der Waals surface area contributed by atoms with E-state index in [1.54, 1.807) is 42.9 Å². The molecule has 7 nitrogen and oxygen atoms in total. The predicted octanol–water partition coefficient (Wildman–Crippen LogP) is 1.58. The third kappa shape index (κ3) is 3.85. The molecule has 7 heteroatoms. The standard InChI is InChI=1S/C12H20N4O3/c1-12(2,3)18-11(17)19-15-5-4-10(8-15)16-7-9(13)6-14-16/h6-7,10H,4-5,8,13H2,1-3H3. The number of anilines is 1. The fraction of sp³-hybridized carbons (Fsp3) is 0.667. The molecule has 0 radical (unpaired) electrons. The summed E-state index contributed by atoms with van der Waals surface area (Å²) in [4.78, 5) is 16.7. The van der Waals surface area contributed by atoms with Crippen LogP contribution in [0, 0.1) is 0 Å². The van der Waals surface area contributed by atoms with E-state index in [9.17, 15) is 4.79 Å². The summed E-state index contributed by atoms with van der Waals surface area (Å²) < 4.78 is 6.90. The lowest BCUT2D eigenvalue weighted by atomic mass is 10.2. The number of ether oxygens (including phenoxy) is 1. The largest absolute Gasteiger partial charge is 0.528 e. The van der Waals surface area contributed by atoms with E-state index in [0.717, 1.165) is 6.42 Å². The molecule has 0 spiro atoms. The molecular formula is C12H20N4O3. The minimum Gasteiger partial charge on any atom is -0.427 e. The van der Waals surface area contributed by atoms with Gasteiger partial charge in [-0.1, -0.05) is 0 Å². The molecule has 1 fully saturated rings. The summed E-state index contributed by atoms with van der Waals surface area (Å²) in [5.41, 5.74) is 5.71. The Bertz CT molecular complexity index is 452. The van der Waals surface area contributed by atoms with Crippen molar-refractivity contribution in [1.29, 1.82) is 0 Å². The summed E-state index contributed by atoms with van der Waals surface area (Å²) in [5, 5.41) is 5.76. The lowest BCUT2D eigenvalue weighted by Crippen LogP contribution is -2.31. The van der Waals surface area contributed by atoms with E-state index >= 15 is 0 Å². The first-order chi connectivity index (χ1) is 8.83. The third-order valence-corrected chi connectivity index (χ3v) is 2.71. The second kappa shape index (κ2) is 5.08. The van der Waals surface area contributed by atoms with Gasteiger partial charge in [-0.3, -0.25) is 4.68 Å². The van der Waals surface area contributed by atoms with E-state index in [4.69, 9.17) is 15.3 Å². The Balaban J connectivity index is 1.84. The van der Waals surface area contributed by atoms with Gasteiger partial charge in [-0.2, -0.15) is 5.10 Å². The van der Waals surface area contributed by atoms with Crippen LogP contribution in [0.1, 0.15) is 33.2 Å². The quantitative estimate of drug-likeness (QED) is 0.820. The first-order valence-electron chi connectivity index (χ1n) is 6.29. The SMILES string of the molecule is CC(C)(C)OC(=O)ON1CCC(n2cc(N)cn2)C1. The van der Waals surface area contributed by atoms with Crippen LogP contribution in [0.15, 0.2) is 12.4 Å². The van der Waals surface area contributed by atoms with Gasteiger partial charge < -0.3 is 15.3 Å². The van der Waals surface area contributed by atoms with E-state index in [0.29, 0.717) is 18.8 Å². The van der Waals surface area contributed by atoms with Crippen molar-refractivity contribution in [2.24, 2.45) is 0 Å². The average molecular weight is 268 g/mol. The number of nitrogens with two attached hydrogens (primary N) is 1. The summed E-state index contributed by atoms with van der Waals surface area (Å²) in [6.07, 6.45) is 3.57. The second-order valence-electron chi connectivity index (χ2n) is 5.64. The molecule has 19 heavy (non-hydrogen) atoms. The molecular weight excluding hydrogens is 248 g/mol. The summed E-state index contributed by atoms with van der Waals surface area (Å²) in [6.45, 7) is 6.64. The van der Waals surface area contributed by atoms with Crippen LogP contribution in [0.3, 0.4) is 0 Å². The minimum atomic E-state index is -0.673. The van der Waals surface area contributed by atoms with Crippen molar-refractivity contribution in [3.63, 3.8) is 0 Å². The van der Waals surface area contributed by atoms with Crippen LogP contribution in [0.2, 0.25) is 0 Å². The molecule has 2 N–H and O–H groups in total. The number of hydrogen-bond acceptors (Lipinski definition) is 6. The zero-order chi connectivity index (χ0) is 14.0. The first kappa shape index (κ1) is 13.7. The normalized spacial score (nSPS) is 20.5. The number of nitrogens with zero attached hydrogens (tertiary/aromatic N) is 3. The molecule has 1 unspecified atom stereocenters. The molecule has 1 saturated heterocycles. The van der Waals surface area contributed by atoms with Crippen molar-refractivity contribution >= 4 is 11.8 Å². The van der Waals surface area contributed by atoms with Crippen LogP contribution < -0.4 is 5.73 Å². The highest BCUT2D eigenvalue weighted by atomic mass is 16.8. The van der Waals surface area contributed by atoms with Gasteiger partial charge >= 0.3 is 6.16 Å². The molecule has 2 heterocycles. The molecule has 2 rings (SSSR count). The molecule has 0 aromatic carbocycles. The zero-order valence-electron chi connectivity index (χ0n) is 11.5. The monoisotopic (exact) mass is 268 g/mol. The maximum Gasteiger partial charge on any atom is 0.528 e. The van der Waals surface area contributed by atoms with E-state index in [-0.39, 0.29) is 6.04 Å². The molecule has 1 aromatic heterocycles. The van der Waals surface area contributed by atoms with Crippen LogP contribution >= 0.6 is 0 Å². The van der Waals surface area contributed by atoms with Crippen LogP contribution in [-0.2, 0) is 9.57 Å². The second-order valence-corrected chi connectivity index (χ2v) is 5.64. The molecule has 1 aliphatic rings. The lowest BCUT2D eigenvalue weighted by molar-refractivity contribution is -0.131. The van der Waals surface area contributed by atoms with Crippen molar-refractivity contribution in [3.05, 3.63) is 12.4 Å². The Morgan fingerprint density at radius 1 is 1.53 bits per heavy atom. The van der Waals surface area contributed by atoms with Crippen molar-refractivity contribution in [3.8, 4) is 0 Å². The number of carbonyl (C=O) groups excluding carboxylic acids is 1. The maximum atomic E-state index is 11.5. The Morgan fingerprint density at radius 2 is 2.26 bits per heavy atom. The third-order valence-electron chi connectivity index (χ3n) is 2.71. The number of nitrogen functional groups attached to an aromatic ring is 1. The highest BCUT2D eigenvalue weighted by Gasteiger charge is 2.29. The smallest absolute Gasteiger partial charge is 0.427 e. The van der Waals surface area contributed by atoms with Gasteiger partial charge in [0.25, 0.3) is 0 Å². The van der Waals surface area contributed by atoms with Crippen LogP contribution in [0.5, 0.6) is 0 Å². The van der Waals surface area contributed by atoms with E-state index < -0.39 is 11.8 Å². The highest BCUT2D eigenvalue weighted by Crippen LogP contribution is 2.22. The molecule has 0 aliphatic carbocycles. The maximum absolute atomic E-state index is 11.5. The first-order valence-corrected chi connectivity index (χ1v) is 6.29. The lowest BCUT2D eigenvalue weighted by Gasteiger charge is -2.21. The number of rotatable bonds is 2. The van der Waals surface area contributed by atoms with E-state index in [2.05, 4.69) is 5.10 Å². The zero-order valence-corrected chi connectivity index (χ0v) is 11.5. The summed E-state index contributed by atoms with van der Waals surface area (Å²) in [6, 6.07) is 0.166.